The summed E-state index contributed by atoms with van der Waals surface area (Å²) in [6.07, 6.45) is 3.14. The van der Waals surface area contributed by atoms with E-state index >= 15 is 0 Å². The Morgan fingerprint density at radius 1 is 1.08 bits per heavy atom. The van der Waals surface area contributed by atoms with Gasteiger partial charge in [-0.25, -0.2) is 4.98 Å². The van der Waals surface area contributed by atoms with Crippen molar-refractivity contribution in [1.82, 2.24) is 20.6 Å². The second-order valence-corrected chi connectivity index (χ2v) is 9.09. The van der Waals surface area contributed by atoms with Gasteiger partial charge in [0, 0.05) is 30.0 Å². The van der Waals surface area contributed by atoms with Gasteiger partial charge in [-0.1, -0.05) is 18.2 Å². The predicted molar refractivity (Wildman–Crippen MR) is 137 cm³/mol. The number of carbonyl (C=O) groups is 2. The Bertz CT molecular complexity index is 1280. The van der Waals surface area contributed by atoms with Gasteiger partial charge < -0.3 is 25.8 Å². The van der Waals surface area contributed by atoms with Gasteiger partial charge in [0.25, 0.3) is 11.8 Å². The van der Waals surface area contributed by atoms with Crippen LogP contribution in [0, 0.1) is 0 Å². The van der Waals surface area contributed by atoms with Crippen molar-refractivity contribution in [3.63, 3.8) is 0 Å². The fraction of sp³-hybridized carbons (Fsp3) is 0.308. The number of nitrogens with zero attached hydrogens (tertiary/aromatic N) is 4. The second kappa shape index (κ2) is 10.1. The molecule has 37 heavy (non-hydrogen) atoms. The Balaban J connectivity index is 1.39. The van der Waals surface area contributed by atoms with Crippen molar-refractivity contribution in [3.05, 3.63) is 66.4 Å². The van der Waals surface area contributed by atoms with E-state index in [9.17, 15) is 18.4 Å². The topological polar surface area (TPSA) is 102 Å². The summed E-state index contributed by atoms with van der Waals surface area (Å²) in [4.78, 5) is 36.0. The molecule has 1 fully saturated rings. The molecule has 2 amide bonds. The van der Waals surface area contributed by atoms with Crippen LogP contribution < -0.4 is 25.8 Å². The highest BCUT2D eigenvalue weighted by atomic mass is 19.3. The van der Waals surface area contributed by atoms with Gasteiger partial charge in [-0.3, -0.25) is 9.59 Å². The number of piperidine rings is 1. The van der Waals surface area contributed by atoms with Crippen LogP contribution in [0.2, 0.25) is 0 Å². The monoisotopic (exact) mass is 507 g/mol. The summed E-state index contributed by atoms with van der Waals surface area (Å²) in [6.45, 7) is 0.917. The van der Waals surface area contributed by atoms with Gasteiger partial charge in [0.05, 0.1) is 12.7 Å². The quantitative estimate of drug-likeness (QED) is 0.486. The van der Waals surface area contributed by atoms with Crippen molar-refractivity contribution in [3.8, 4) is 0 Å². The number of hydrogen-bond acceptors (Lipinski definition) is 7. The summed E-state index contributed by atoms with van der Waals surface area (Å²) in [6, 6.07) is 15.6. The molecule has 11 heteroatoms. The van der Waals surface area contributed by atoms with Crippen LogP contribution in [0.25, 0.3) is 0 Å². The lowest BCUT2D eigenvalue weighted by atomic mass is 10.1. The number of aromatic nitrogens is 2. The molecule has 0 saturated carbocycles. The van der Waals surface area contributed by atoms with Gasteiger partial charge in [-0.05, 0) is 62.3 Å². The first-order chi connectivity index (χ1) is 17.8. The zero-order chi connectivity index (χ0) is 26.0. The summed E-state index contributed by atoms with van der Waals surface area (Å²) < 4.78 is 29.6. The minimum Gasteiger partial charge on any atom is -0.349 e. The van der Waals surface area contributed by atoms with E-state index in [0.717, 1.165) is 30.8 Å². The Labute approximate surface area is 212 Å². The number of nitrogens with one attached hydrogen (secondary N) is 3. The number of para-hydroxylation sites is 1. The van der Waals surface area contributed by atoms with Gasteiger partial charge in [0.1, 0.15) is 5.69 Å². The third kappa shape index (κ3) is 5.21. The van der Waals surface area contributed by atoms with E-state index in [4.69, 9.17) is 0 Å². The summed E-state index contributed by atoms with van der Waals surface area (Å²) in [5.41, 5.74) is 1.79. The van der Waals surface area contributed by atoms with Gasteiger partial charge in [-0.15, -0.1) is 0 Å². The number of amides is 2. The van der Waals surface area contributed by atoms with Gasteiger partial charge in [-0.2, -0.15) is 13.8 Å². The highest BCUT2D eigenvalue weighted by Crippen LogP contribution is 2.39. The van der Waals surface area contributed by atoms with Crippen molar-refractivity contribution in [1.29, 1.82) is 0 Å². The van der Waals surface area contributed by atoms with E-state index in [2.05, 4.69) is 25.9 Å². The minimum absolute atomic E-state index is 0.133. The van der Waals surface area contributed by atoms with Crippen molar-refractivity contribution in [2.24, 2.45) is 0 Å². The average molecular weight is 508 g/mol. The molecule has 0 aliphatic carbocycles. The van der Waals surface area contributed by atoms with Crippen LogP contribution in [0.15, 0.2) is 60.8 Å². The lowest BCUT2D eigenvalue weighted by Crippen LogP contribution is -2.45. The van der Waals surface area contributed by atoms with Crippen LogP contribution in [0.5, 0.6) is 0 Å². The summed E-state index contributed by atoms with van der Waals surface area (Å²) in [7, 11) is 1.29. The first-order valence-electron chi connectivity index (χ1n) is 12.1. The molecular formula is C26H27F2N7O2. The Morgan fingerprint density at radius 2 is 1.78 bits per heavy atom. The molecule has 1 saturated heterocycles. The highest BCUT2D eigenvalue weighted by Gasteiger charge is 2.47. The number of benzene rings is 2. The number of rotatable bonds is 5. The van der Waals surface area contributed by atoms with Gasteiger partial charge >= 0.3 is 5.92 Å². The average Bonchev–Trinajstić information content (AvgIpc) is 2.99. The molecule has 2 aliphatic rings. The van der Waals surface area contributed by atoms with Gasteiger partial charge in [0.15, 0.2) is 5.82 Å². The molecule has 5 rings (SSSR count). The molecule has 2 aliphatic heterocycles. The number of halogens is 2. The van der Waals surface area contributed by atoms with Crippen LogP contribution in [0.4, 0.5) is 37.6 Å². The Morgan fingerprint density at radius 3 is 2.49 bits per heavy atom. The molecule has 0 atom stereocenters. The number of fused-ring (bicyclic) bond motifs is 1. The molecule has 9 nitrogen and oxygen atoms in total. The molecule has 0 radical (unpaired) electrons. The fourth-order valence-corrected chi connectivity index (χ4v) is 4.45. The normalized spacial score (nSPS) is 17.6. The smallest absolute Gasteiger partial charge is 0.342 e. The minimum atomic E-state index is -3.62. The SMILES string of the molecule is CN1C(=O)C(F)(F)CN(c2ccccc2)c2nc(Nc3ccc(C(=O)NC4CCNCC4)cc3)ncc21. The number of hydrogen-bond donors (Lipinski definition) is 3. The molecule has 0 spiro atoms. The zero-order valence-electron chi connectivity index (χ0n) is 20.2. The molecule has 0 bridgehead atoms. The van der Waals surface area contributed by atoms with E-state index in [0.29, 0.717) is 16.9 Å². The first kappa shape index (κ1) is 24.6. The van der Waals surface area contributed by atoms with E-state index in [1.165, 1.54) is 18.1 Å². The molecule has 3 aromatic rings. The predicted octanol–water partition coefficient (Wildman–Crippen LogP) is 3.45. The van der Waals surface area contributed by atoms with Crippen LogP contribution >= 0.6 is 0 Å². The Hall–Kier alpha value is -4.12. The van der Waals surface area contributed by atoms with Crippen molar-refractivity contribution in [2.75, 3.05) is 41.8 Å². The van der Waals surface area contributed by atoms with Crippen LogP contribution in [0.3, 0.4) is 0 Å². The summed E-state index contributed by atoms with van der Waals surface area (Å²) >= 11 is 0. The van der Waals surface area contributed by atoms with E-state index in [1.807, 2.05) is 0 Å². The molecular weight excluding hydrogens is 480 g/mol. The molecule has 3 heterocycles. The lowest BCUT2D eigenvalue weighted by molar-refractivity contribution is -0.140. The standard InChI is InChI=1S/C26H27F2N7O2/c1-34-21-15-30-25(32-18-9-7-17(8-10-18)23(36)31-19-11-13-29-14-12-19)33-22(21)35(16-26(27,28)24(34)37)20-5-3-2-4-6-20/h2-10,15,19,29H,11-14,16H2,1H3,(H,31,36)(H,30,32,33). The van der Waals surface area contributed by atoms with Crippen LogP contribution in [-0.2, 0) is 4.79 Å². The van der Waals surface area contributed by atoms with E-state index < -0.39 is 18.4 Å². The van der Waals surface area contributed by atoms with Crippen LogP contribution in [0.1, 0.15) is 23.2 Å². The third-order valence-electron chi connectivity index (χ3n) is 6.49. The second-order valence-electron chi connectivity index (χ2n) is 9.09. The number of alkyl halides is 2. The maximum Gasteiger partial charge on any atom is 0.342 e. The molecule has 0 unspecified atom stereocenters. The lowest BCUT2D eigenvalue weighted by Gasteiger charge is -2.25. The van der Waals surface area contributed by atoms with E-state index in [1.54, 1.807) is 54.6 Å². The molecule has 2 aromatic carbocycles. The Kier molecular flexibility index (Phi) is 6.70. The van der Waals surface area contributed by atoms with Gasteiger partial charge in [0.2, 0.25) is 5.95 Å². The maximum atomic E-state index is 14.8. The van der Waals surface area contributed by atoms with Crippen molar-refractivity contribution >= 4 is 40.6 Å². The highest BCUT2D eigenvalue weighted by molar-refractivity contribution is 6.02. The van der Waals surface area contributed by atoms with Crippen molar-refractivity contribution in [2.45, 2.75) is 24.8 Å². The van der Waals surface area contributed by atoms with E-state index in [-0.39, 0.29) is 29.4 Å². The summed E-state index contributed by atoms with van der Waals surface area (Å²) in [5.74, 6) is -4.74. The van der Waals surface area contributed by atoms with Crippen molar-refractivity contribution < 1.29 is 18.4 Å². The molecule has 3 N–H and O–H groups in total. The number of anilines is 5. The largest absolute Gasteiger partial charge is 0.349 e. The summed E-state index contributed by atoms with van der Waals surface area (Å²) in [5, 5.41) is 9.39. The molecule has 1 aromatic heterocycles. The third-order valence-corrected chi connectivity index (χ3v) is 6.49. The first-order valence-corrected chi connectivity index (χ1v) is 12.1. The maximum absolute atomic E-state index is 14.8. The van der Waals surface area contributed by atoms with Crippen LogP contribution in [-0.4, -0.2) is 60.4 Å². The molecule has 192 valence electrons. The fourth-order valence-electron chi connectivity index (χ4n) is 4.45. The number of carbonyl (C=O) groups excluding carboxylic acids is 2. The zero-order valence-corrected chi connectivity index (χ0v) is 20.2.